The minimum absolute atomic E-state index is 0.0107. The highest BCUT2D eigenvalue weighted by Crippen LogP contribution is 2.53. The second kappa shape index (κ2) is 6.85. The lowest BCUT2D eigenvalue weighted by Crippen LogP contribution is -2.54. The zero-order valence-electron chi connectivity index (χ0n) is 17.3. The highest BCUT2D eigenvalue weighted by atomic mass is 19.3. The molecule has 0 bridgehead atoms. The summed E-state index contributed by atoms with van der Waals surface area (Å²) in [7, 11) is 0. The highest BCUT2D eigenvalue weighted by Gasteiger charge is 2.59. The van der Waals surface area contributed by atoms with Crippen molar-refractivity contribution in [1.29, 1.82) is 0 Å². The van der Waals surface area contributed by atoms with Crippen LogP contribution in [0.15, 0.2) is 36.7 Å². The lowest BCUT2D eigenvalue weighted by atomic mass is 10.0. The number of benzene rings is 1. The van der Waals surface area contributed by atoms with Gasteiger partial charge in [0.05, 0.1) is 28.7 Å². The Balaban J connectivity index is 1.36. The number of rotatable bonds is 4. The van der Waals surface area contributed by atoms with Crippen molar-refractivity contribution in [3.05, 3.63) is 47.8 Å². The molecule has 13 heteroatoms. The number of amides is 4. The van der Waals surface area contributed by atoms with Crippen molar-refractivity contribution in [2.75, 3.05) is 0 Å². The van der Waals surface area contributed by atoms with Crippen LogP contribution in [0.2, 0.25) is 0 Å². The maximum absolute atomic E-state index is 13.6. The molecule has 1 saturated carbocycles. The lowest BCUT2D eigenvalue weighted by Gasteiger charge is -2.27. The summed E-state index contributed by atoms with van der Waals surface area (Å²) in [6.45, 7) is 0. The van der Waals surface area contributed by atoms with Gasteiger partial charge in [-0.05, 0) is 24.6 Å². The molecule has 0 spiro atoms. The summed E-state index contributed by atoms with van der Waals surface area (Å²) in [6.07, 6.45) is 2.58. The van der Waals surface area contributed by atoms with Gasteiger partial charge in [0, 0.05) is 19.0 Å². The van der Waals surface area contributed by atoms with Crippen molar-refractivity contribution >= 4 is 23.6 Å². The first-order valence-corrected chi connectivity index (χ1v) is 10.5. The van der Waals surface area contributed by atoms with Crippen LogP contribution in [0.4, 0.5) is 8.78 Å². The van der Waals surface area contributed by atoms with E-state index in [0.29, 0.717) is 5.69 Å². The molecule has 3 aliphatic rings. The van der Waals surface area contributed by atoms with Gasteiger partial charge in [-0.2, -0.15) is 5.10 Å². The molecule has 2 atom stereocenters. The summed E-state index contributed by atoms with van der Waals surface area (Å²) >= 11 is 0. The van der Waals surface area contributed by atoms with E-state index in [1.54, 1.807) is 12.1 Å². The Kier molecular flexibility index (Phi) is 4.10. The second-order valence-electron chi connectivity index (χ2n) is 8.34. The van der Waals surface area contributed by atoms with Crippen molar-refractivity contribution in [3.63, 3.8) is 0 Å². The van der Waals surface area contributed by atoms with E-state index in [2.05, 4.69) is 20.7 Å². The second-order valence-corrected chi connectivity index (χ2v) is 8.34. The van der Waals surface area contributed by atoms with Gasteiger partial charge in [-0.3, -0.25) is 34.1 Å². The van der Waals surface area contributed by atoms with Crippen LogP contribution in [0.5, 0.6) is 0 Å². The van der Waals surface area contributed by atoms with E-state index >= 15 is 0 Å². The number of hydrogen-bond acceptors (Lipinski definition) is 7. The van der Waals surface area contributed by atoms with Crippen molar-refractivity contribution < 1.29 is 28.0 Å². The number of imide groups is 2. The van der Waals surface area contributed by atoms with Gasteiger partial charge in [0.1, 0.15) is 17.8 Å². The molecule has 6 rings (SSSR count). The quantitative estimate of drug-likeness (QED) is 0.569. The number of carbonyl (C=O) groups excluding carboxylic acids is 4. The van der Waals surface area contributed by atoms with Gasteiger partial charge >= 0.3 is 0 Å². The zero-order valence-corrected chi connectivity index (χ0v) is 17.3. The largest absolute Gasteiger partial charge is 0.295 e. The van der Waals surface area contributed by atoms with Crippen molar-refractivity contribution in [1.82, 2.24) is 35.0 Å². The van der Waals surface area contributed by atoms with E-state index in [1.165, 1.54) is 33.9 Å². The lowest BCUT2D eigenvalue weighted by molar-refractivity contribution is -0.136. The van der Waals surface area contributed by atoms with Gasteiger partial charge in [-0.15, -0.1) is 5.10 Å². The van der Waals surface area contributed by atoms with E-state index in [1.807, 2.05) is 0 Å². The zero-order chi connectivity index (χ0) is 23.8. The number of halogens is 2. The first-order valence-electron chi connectivity index (χ1n) is 10.5. The molecule has 2 aliphatic heterocycles. The molecular weight excluding hydrogens is 452 g/mol. The van der Waals surface area contributed by atoms with Gasteiger partial charge in [0.2, 0.25) is 11.8 Å². The van der Waals surface area contributed by atoms with Crippen LogP contribution in [0.1, 0.15) is 46.0 Å². The Morgan fingerprint density at radius 3 is 2.62 bits per heavy atom. The van der Waals surface area contributed by atoms with Gasteiger partial charge in [-0.25, -0.2) is 13.5 Å². The summed E-state index contributed by atoms with van der Waals surface area (Å²) in [5.41, 5.74) is 0.972. The summed E-state index contributed by atoms with van der Waals surface area (Å²) in [5, 5.41) is 14.2. The number of hydrogen-bond donors (Lipinski definition) is 1. The van der Waals surface area contributed by atoms with Crippen LogP contribution in [0.25, 0.3) is 17.1 Å². The number of piperidine rings is 1. The van der Waals surface area contributed by atoms with E-state index in [9.17, 15) is 28.0 Å². The molecule has 4 amide bonds. The molecule has 2 unspecified atom stereocenters. The molecule has 1 aliphatic carbocycles. The smallest absolute Gasteiger partial charge is 0.272 e. The van der Waals surface area contributed by atoms with Gasteiger partial charge in [0.15, 0.2) is 0 Å². The van der Waals surface area contributed by atoms with Crippen LogP contribution in [0, 0.1) is 0 Å². The Morgan fingerprint density at radius 2 is 1.88 bits per heavy atom. The predicted molar refractivity (Wildman–Crippen MR) is 108 cm³/mol. The number of nitrogens with one attached hydrogen (secondary N) is 1. The third-order valence-electron chi connectivity index (χ3n) is 6.21. The fraction of sp³-hybridized carbons (Fsp3) is 0.286. The SMILES string of the molecule is O=C1CCC(N2C(=O)c3cccc(-n4cc(-c5ccnn5C5CC5(F)F)nn4)c3C2=O)C(=O)N1. The van der Waals surface area contributed by atoms with Crippen LogP contribution in [-0.4, -0.2) is 65.3 Å². The van der Waals surface area contributed by atoms with E-state index < -0.39 is 41.6 Å². The monoisotopic (exact) mass is 467 g/mol. The summed E-state index contributed by atoms with van der Waals surface area (Å²) in [4.78, 5) is 50.9. The van der Waals surface area contributed by atoms with Crippen LogP contribution >= 0.6 is 0 Å². The maximum Gasteiger partial charge on any atom is 0.272 e. The molecule has 2 aromatic heterocycles. The number of alkyl halides is 2. The minimum Gasteiger partial charge on any atom is -0.295 e. The highest BCUT2D eigenvalue weighted by molar-refractivity contribution is 6.24. The molecule has 1 N–H and O–H groups in total. The third-order valence-corrected chi connectivity index (χ3v) is 6.21. The average molecular weight is 467 g/mol. The maximum atomic E-state index is 13.6. The van der Waals surface area contributed by atoms with Crippen LogP contribution in [-0.2, 0) is 9.59 Å². The molecule has 34 heavy (non-hydrogen) atoms. The van der Waals surface area contributed by atoms with Gasteiger partial charge in [-0.1, -0.05) is 11.3 Å². The molecule has 0 radical (unpaired) electrons. The first kappa shape index (κ1) is 20.3. The van der Waals surface area contributed by atoms with E-state index in [-0.39, 0.29) is 41.8 Å². The fourth-order valence-electron chi connectivity index (χ4n) is 4.42. The average Bonchev–Trinajstić information content (AvgIpc) is 3.23. The topological polar surface area (TPSA) is 132 Å². The van der Waals surface area contributed by atoms with Crippen LogP contribution in [0.3, 0.4) is 0 Å². The van der Waals surface area contributed by atoms with E-state index in [4.69, 9.17) is 0 Å². The molecule has 1 aromatic carbocycles. The Labute approximate surface area is 189 Å². The van der Waals surface area contributed by atoms with E-state index in [0.717, 1.165) is 4.90 Å². The Morgan fingerprint density at radius 1 is 1.09 bits per heavy atom. The van der Waals surface area contributed by atoms with Crippen molar-refractivity contribution in [2.45, 2.75) is 37.3 Å². The first-order chi connectivity index (χ1) is 16.3. The summed E-state index contributed by atoms with van der Waals surface area (Å²) < 4.78 is 29.6. The molecule has 11 nitrogen and oxygen atoms in total. The third kappa shape index (κ3) is 2.89. The van der Waals surface area contributed by atoms with Crippen molar-refractivity contribution in [3.8, 4) is 17.1 Å². The van der Waals surface area contributed by atoms with Crippen LogP contribution < -0.4 is 5.32 Å². The molecular formula is C21H15F2N7O4. The minimum atomic E-state index is -2.83. The fourth-order valence-corrected chi connectivity index (χ4v) is 4.42. The molecule has 2 fully saturated rings. The van der Waals surface area contributed by atoms with Crippen molar-refractivity contribution in [2.24, 2.45) is 0 Å². The number of fused-ring (bicyclic) bond motifs is 1. The predicted octanol–water partition coefficient (Wildman–Crippen LogP) is 1.11. The van der Waals surface area contributed by atoms with Gasteiger partial charge in [0.25, 0.3) is 17.7 Å². The Bertz CT molecular complexity index is 1410. The van der Waals surface area contributed by atoms with Gasteiger partial charge < -0.3 is 0 Å². The molecule has 1 saturated heterocycles. The molecule has 3 aromatic rings. The normalized spacial score (nSPS) is 23.3. The summed E-state index contributed by atoms with van der Waals surface area (Å²) in [6, 6.07) is 3.97. The molecule has 4 heterocycles. The number of nitrogens with zero attached hydrogens (tertiary/aromatic N) is 6. The standard InChI is InChI=1S/C21H15F2N7O4/c22-21(23)8-15(21)30-12(6-7-24-30)11-9-28(27-26-11)13-3-1-2-10-17(13)20(34)29(19(10)33)14-4-5-16(31)25-18(14)32/h1-3,6-7,9,14-15H,4-5,8H2,(H,25,31,32). The Hall–Kier alpha value is -4.29. The molecule has 172 valence electrons. The summed E-state index contributed by atoms with van der Waals surface area (Å²) in [5.74, 6) is -5.34. The number of carbonyl (C=O) groups is 4. The number of aromatic nitrogens is 5.